The molecule has 5 aromatic carbocycles. The first kappa shape index (κ1) is 38.4. The summed E-state index contributed by atoms with van der Waals surface area (Å²) in [4.78, 5) is 20.5. The summed E-state index contributed by atoms with van der Waals surface area (Å²) in [7, 11) is 0. The van der Waals surface area contributed by atoms with Gasteiger partial charge in [-0.1, -0.05) is 119 Å². The number of anilines is 1. The molecule has 0 aliphatic rings. The average Bonchev–Trinajstić information content (AvgIpc) is 3.09. The fourth-order valence-electron chi connectivity index (χ4n) is 4.97. The number of hydrogen-bond acceptors (Lipinski definition) is 5. The van der Waals surface area contributed by atoms with Crippen LogP contribution in [0.5, 0.6) is 0 Å². The van der Waals surface area contributed by atoms with Gasteiger partial charge in [0.05, 0.1) is 9.85 Å². The largest absolute Gasteiger partial charge is 0.399 e. The number of nitro groups is 2. The first-order valence-corrected chi connectivity index (χ1v) is 17.1. The van der Waals surface area contributed by atoms with E-state index in [9.17, 15) is 20.2 Å². The number of nitrogens with two attached hydrogens (primary N) is 1. The van der Waals surface area contributed by atoms with Gasteiger partial charge in [-0.3, -0.25) is 20.2 Å². The second-order valence-corrected chi connectivity index (χ2v) is 12.7. The number of allylic oxidation sites excluding steroid dienone is 1. The number of nitro benzene ring substituents is 2. The molecular formula is C41H44BrN3O4. The predicted molar refractivity (Wildman–Crippen MR) is 206 cm³/mol. The van der Waals surface area contributed by atoms with Crippen LogP contribution < -0.4 is 5.73 Å². The number of aryl methyl sites for hydroxylation is 6. The quantitative estimate of drug-likeness (QED) is 0.0631. The lowest BCUT2D eigenvalue weighted by atomic mass is 10.0. The van der Waals surface area contributed by atoms with Crippen molar-refractivity contribution >= 4 is 39.1 Å². The van der Waals surface area contributed by atoms with Crippen LogP contribution in [0.25, 0.3) is 6.08 Å². The molecule has 0 spiro atoms. The zero-order valence-corrected chi connectivity index (χ0v) is 29.9. The Balaban J connectivity index is 0.000000207. The molecule has 5 aromatic rings. The van der Waals surface area contributed by atoms with Gasteiger partial charge < -0.3 is 5.73 Å². The molecule has 0 fully saturated rings. The fraction of sp³-hybridized carbons (Fsp3) is 0.220. The Hall–Kier alpha value is -5.08. The molecule has 0 amide bonds. The number of hydrogen-bond donors (Lipinski definition) is 1. The molecular weight excluding hydrogens is 678 g/mol. The van der Waals surface area contributed by atoms with Crippen LogP contribution in [0.4, 0.5) is 17.1 Å². The first-order valence-electron chi connectivity index (χ1n) is 16.3. The third-order valence-electron chi connectivity index (χ3n) is 7.92. The zero-order chi connectivity index (χ0) is 35.6. The molecule has 5 rings (SSSR count). The second kappa shape index (κ2) is 20.3. The van der Waals surface area contributed by atoms with Crippen molar-refractivity contribution < 1.29 is 9.85 Å². The molecule has 0 bridgehead atoms. The van der Waals surface area contributed by atoms with E-state index in [0.29, 0.717) is 11.1 Å². The zero-order valence-electron chi connectivity index (χ0n) is 28.3. The van der Waals surface area contributed by atoms with Gasteiger partial charge in [0, 0.05) is 33.4 Å². The van der Waals surface area contributed by atoms with Crippen molar-refractivity contribution in [2.75, 3.05) is 5.73 Å². The van der Waals surface area contributed by atoms with E-state index in [0.717, 1.165) is 35.0 Å². The predicted octanol–water partition coefficient (Wildman–Crippen LogP) is 11.4. The van der Waals surface area contributed by atoms with Gasteiger partial charge in [-0.05, 0) is 99.2 Å². The Morgan fingerprint density at radius 2 is 1.12 bits per heavy atom. The molecule has 0 heterocycles. The highest BCUT2D eigenvalue weighted by atomic mass is 79.9. The summed E-state index contributed by atoms with van der Waals surface area (Å²) in [6.45, 7) is 5.51. The Morgan fingerprint density at radius 3 is 1.67 bits per heavy atom. The number of nitrogens with zero attached hydrogens (tertiary/aromatic N) is 2. The van der Waals surface area contributed by atoms with Crippen molar-refractivity contribution in [3.8, 4) is 0 Å². The van der Waals surface area contributed by atoms with E-state index in [-0.39, 0.29) is 21.2 Å². The van der Waals surface area contributed by atoms with Gasteiger partial charge in [-0.2, -0.15) is 0 Å². The second-order valence-electron chi connectivity index (χ2n) is 11.8. The molecule has 0 unspecified atom stereocenters. The van der Waals surface area contributed by atoms with E-state index >= 15 is 0 Å². The summed E-state index contributed by atoms with van der Waals surface area (Å²) in [6.07, 6.45) is 10.6. The van der Waals surface area contributed by atoms with Crippen LogP contribution in [0.1, 0.15) is 58.2 Å². The standard InChI is InChI=1S/C17H17NO2.C17H21N.C7H6BrNO2/c1-14-11-12-16(13-17(14)18(19)20)10-6-5-9-15-7-3-2-4-8-15;1-14-11-12-16(13-17(14)18)10-6-5-9-15-7-3-2-4-8-15;1-5-2-3-6(8)4-7(5)9(10)11/h2-4,6-8,10-13H,5,9H2,1H3;2-4,7-8,11-13H,5-6,9-10,18H2,1H3;2-4H,1H3. The average molecular weight is 723 g/mol. The van der Waals surface area contributed by atoms with Crippen molar-refractivity contribution in [2.45, 2.75) is 59.3 Å². The van der Waals surface area contributed by atoms with Gasteiger partial charge in [0.25, 0.3) is 11.4 Å². The van der Waals surface area contributed by atoms with Crippen LogP contribution in [-0.2, 0) is 19.3 Å². The smallest absolute Gasteiger partial charge is 0.273 e. The molecule has 8 heteroatoms. The third-order valence-corrected chi connectivity index (χ3v) is 8.41. The molecule has 0 aliphatic carbocycles. The molecule has 0 aromatic heterocycles. The summed E-state index contributed by atoms with van der Waals surface area (Å²) in [5, 5.41) is 21.2. The Labute approximate surface area is 298 Å². The molecule has 49 heavy (non-hydrogen) atoms. The van der Waals surface area contributed by atoms with Crippen molar-refractivity contribution in [3.63, 3.8) is 0 Å². The maximum absolute atomic E-state index is 10.9. The van der Waals surface area contributed by atoms with Crippen molar-refractivity contribution in [2.24, 2.45) is 0 Å². The normalized spacial score (nSPS) is 10.4. The summed E-state index contributed by atoms with van der Waals surface area (Å²) in [6, 6.07) is 37.7. The molecule has 0 radical (unpaired) electrons. The highest BCUT2D eigenvalue weighted by Gasteiger charge is 2.10. The van der Waals surface area contributed by atoms with Gasteiger partial charge in [0.1, 0.15) is 0 Å². The molecule has 2 N–H and O–H groups in total. The fourth-order valence-corrected chi connectivity index (χ4v) is 5.32. The Kier molecular flexibility index (Phi) is 15.9. The van der Waals surface area contributed by atoms with Gasteiger partial charge in [-0.25, -0.2) is 0 Å². The van der Waals surface area contributed by atoms with E-state index in [4.69, 9.17) is 5.73 Å². The van der Waals surface area contributed by atoms with Gasteiger partial charge >= 0.3 is 0 Å². The van der Waals surface area contributed by atoms with E-state index in [1.807, 2.05) is 30.3 Å². The lowest BCUT2D eigenvalue weighted by Crippen LogP contribution is -1.93. The highest BCUT2D eigenvalue weighted by molar-refractivity contribution is 9.10. The van der Waals surface area contributed by atoms with E-state index in [1.165, 1.54) is 47.6 Å². The van der Waals surface area contributed by atoms with Crippen LogP contribution in [-0.4, -0.2) is 9.85 Å². The summed E-state index contributed by atoms with van der Waals surface area (Å²) in [5.74, 6) is 0. The first-order chi connectivity index (χ1) is 23.5. The van der Waals surface area contributed by atoms with Crippen molar-refractivity contribution in [1.82, 2.24) is 0 Å². The minimum atomic E-state index is -0.389. The summed E-state index contributed by atoms with van der Waals surface area (Å²) in [5.41, 5.74) is 14.6. The third kappa shape index (κ3) is 13.9. The van der Waals surface area contributed by atoms with Crippen LogP contribution in [0.3, 0.4) is 0 Å². The van der Waals surface area contributed by atoms with Crippen LogP contribution in [0.15, 0.2) is 126 Å². The monoisotopic (exact) mass is 721 g/mol. The van der Waals surface area contributed by atoms with E-state index in [2.05, 4.69) is 89.6 Å². The number of halogens is 1. The lowest BCUT2D eigenvalue weighted by molar-refractivity contribution is -0.385. The Bertz CT molecular complexity index is 1830. The molecule has 254 valence electrons. The number of unbranched alkanes of at least 4 members (excludes halogenated alkanes) is 1. The lowest BCUT2D eigenvalue weighted by Gasteiger charge is -2.05. The topological polar surface area (TPSA) is 112 Å². The molecule has 0 atom stereocenters. The minimum Gasteiger partial charge on any atom is -0.399 e. The number of benzene rings is 5. The Morgan fingerprint density at radius 1 is 0.612 bits per heavy atom. The summed E-state index contributed by atoms with van der Waals surface area (Å²) < 4.78 is 0.731. The van der Waals surface area contributed by atoms with Crippen molar-refractivity contribution in [3.05, 3.63) is 185 Å². The van der Waals surface area contributed by atoms with Gasteiger partial charge in [0.15, 0.2) is 0 Å². The molecule has 7 nitrogen and oxygen atoms in total. The van der Waals surface area contributed by atoms with E-state index < -0.39 is 0 Å². The van der Waals surface area contributed by atoms with Crippen LogP contribution in [0.2, 0.25) is 0 Å². The van der Waals surface area contributed by atoms with E-state index in [1.54, 1.807) is 38.1 Å². The molecule has 0 saturated heterocycles. The molecule has 0 aliphatic heterocycles. The highest BCUT2D eigenvalue weighted by Crippen LogP contribution is 2.22. The maximum Gasteiger partial charge on any atom is 0.273 e. The SMILES string of the molecule is Cc1ccc(Br)cc1[N+](=O)[O-].Cc1ccc(C=CCCc2ccccc2)cc1[N+](=O)[O-].Cc1ccc(CCCCc2ccccc2)cc1N. The van der Waals surface area contributed by atoms with Crippen molar-refractivity contribution in [1.29, 1.82) is 0 Å². The van der Waals surface area contributed by atoms with Crippen LogP contribution in [0, 0.1) is 41.0 Å². The maximum atomic E-state index is 10.9. The number of nitrogen functional groups attached to an aromatic ring is 1. The van der Waals surface area contributed by atoms with Gasteiger partial charge in [0.2, 0.25) is 0 Å². The van der Waals surface area contributed by atoms with Gasteiger partial charge in [-0.15, -0.1) is 0 Å². The number of rotatable bonds is 11. The minimum absolute atomic E-state index is 0.152. The molecule has 0 saturated carbocycles. The summed E-state index contributed by atoms with van der Waals surface area (Å²) >= 11 is 3.16. The van der Waals surface area contributed by atoms with Crippen LogP contribution >= 0.6 is 15.9 Å².